The van der Waals surface area contributed by atoms with Gasteiger partial charge in [-0.25, -0.2) is 19.2 Å². The molecule has 1 fully saturated rings. The van der Waals surface area contributed by atoms with E-state index < -0.39 is 5.82 Å². The lowest BCUT2D eigenvalue weighted by molar-refractivity contribution is 0.141. The largest absolute Gasteiger partial charge is 0.389 e. The van der Waals surface area contributed by atoms with Crippen molar-refractivity contribution in [3.63, 3.8) is 0 Å². The van der Waals surface area contributed by atoms with Crippen LogP contribution in [0.15, 0.2) is 53.6 Å². The molecular formula is C26H24FN7O2. The van der Waals surface area contributed by atoms with Crippen LogP contribution >= 0.6 is 0 Å². The van der Waals surface area contributed by atoms with E-state index in [0.717, 1.165) is 16.8 Å². The summed E-state index contributed by atoms with van der Waals surface area (Å²) in [6, 6.07) is 10.8. The van der Waals surface area contributed by atoms with Crippen molar-refractivity contribution in [3.8, 4) is 16.8 Å². The summed E-state index contributed by atoms with van der Waals surface area (Å²) >= 11 is 0. The van der Waals surface area contributed by atoms with Crippen molar-refractivity contribution in [1.29, 1.82) is 0 Å². The first-order valence-corrected chi connectivity index (χ1v) is 11.6. The van der Waals surface area contributed by atoms with E-state index in [4.69, 9.17) is 4.98 Å². The van der Waals surface area contributed by atoms with Crippen LogP contribution < -0.4 is 15.9 Å². The molecule has 0 unspecified atom stereocenters. The molecule has 1 aromatic carbocycles. The van der Waals surface area contributed by atoms with Gasteiger partial charge in [0.15, 0.2) is 11.6 Å². The third-order valence-electron chi connectivity index (χ3n) is 6.77. The van der Waals surface area contributed by atoms with Crippen molar-refractivity contribution in [1.82, 2.24) is 24.1 Å². The molecule has 0 atom stereocenters. The van der Waals surface area contributed by atoms with Gasteiger partial charge in [-0.05, 0) is 42.8 Å². The Morgan fingerprint density at radius 1 is 1.08 bits per heavy atom. The van der Waals surface area contributed by atoms with Gasteiger partial charge in [-0.3, -0.25) is 14.1 Å². The van der Waals surface area contributed by atoms with Crippen LogP contribution in [0.2, 0.25) is 0 Å². The predicted octanol–water partition coefficient (Wildman–Crippen LogP) is 3.00. The Kier molecular flexibility index (Phi) is 5.01. The van der Waals surface area contributed by atoms with Crippen molar-refractivity contribution >= 4 is 33.6 Å². The molecule has 0 amide bonds. The minimum Gasteiger partial charge on any atom is -0.389 e. The van der Waals surface area contributed by atoms with E-state index in [1.165, 1.54) is 6.07 Å². The number of imidazole rings is 1. The molecule has 10 heteroatoms. The highest BCUT2D eigenvalue weighted by molar-refractivity contribution is 6.04. The number of nitrogens with one attached hydrogen (secondary N) is 1. The number of β-amino-alcohol motifs (C(OH)–C–C–N with tert-alkyl or cyclic N) is 1. The zero-order chi connectivity index (χ0) is 25.1. The van der Waals surface area contributed by atoms with Gasteiger partial charge in [-0.15, -0.1) is 0 Å². The number of anilines is 2. The molecule has 0 spiro atoms. The summed E-state index contributed by atoms with van der Waals surface area (Å²) in [4.78, 5) is 28.9. The van der Waals surface area contributed by atoms with Crippen LogP contribution in [0.4, 0.5) is 16.0 Å². The van der Waals surface area contributed by atoms with Crippen LogP contribution in [-0.2, 0) is 7.05 Å². The molecule has 0 bridgehead atoms. The van der Waals surface area contributed by atoms with Crippen molar-refractivity contribution in [2.75, 3.05) is 30.4 Å². The summed E-state index contributed by atoms with van der Waals surface area (Å²) in [5.41, 5.74) is 4.61. The Bertz CT molecular complexity index is 1720. The van der Waals surface area contributed by atoms with Gasteiger partial charge in [0.25, 0.3) is 0 Å². The SMILES string of the molecule is CNc1ncc(-c2ccc3ncc4c(c3c2)n(-c2ccc(N3CC(O)C3)nc2C)c(=O)n4C)cc1F. The van der Waals surface area contributed by atoms with Crippen LogP contribution in [0.1, 0.15) is 5.69 Å². The number of halogens is 1. The van der Waals surface area contributed by atoms with Crippen LogP contribution in [0.5, 0.6) is 0 Å². The van der Waals surface area contributed by atoms with Gasteiger partial charge < -0.3 is 15.3 Å². The van der Waals surface area contributed by atoms with Crippen LogP contribution in [0.25, 0.3) is 38.8 Å². The molecule has 2 N–H and O–H groups in total. The van der Waals surface area contributed by atoms with Gasteiger partial charge in [0, 0.05) is 44.3 Å². The second kappa shape index (κ2) is 8.13. The molecule has 1 saturated heterocycles. The third-order valence-corrected chi connectivity index (χ3v) is 6.77. The van der Waals surface area contributed by atoms with Gasteiger partial charge in [-0.1, -0.05) is 6.07 Å². The Morgan fingerprint density at radius 2 is 1.89 bits per heavy atom. The molecule has 36 heavy (non-hydrogen) atoms. The molecule has 0 radical (unpaired) electrons. The van der Waals surface area contributed by atoms with E-state index in [2.05, 4.69) is 15.3 Å². The first kappa shape index (κ1) is 22.2. The van der Waals surface area contributed by atoms with Crippen LogP contribution in [0.3, 0.4) is 0 Å². The maximum absolute atomic E-state index is 14.4. The smallest absolute Gasteiger partial charge is 0.333 e. The maximum Gasteiger partial charge on any atom is 0.333 e. The Balaban J connectivity index is 1.56. The molecule has 5 heterocycles. The number of hydrogen-bond donors (Lipinski definition) is 2. The standard InChI is InChI=1S/C26H24FN7O2/c1-14-21(6-7-23(31-14)33-12-17(35)13-33)34-24-18-8-15(16-9-19(27)25(28-2)30-10-16)4-5-20(18)29-11-22(24)32(3)26(34)36/h4-11,17,35H,12-13H2,1-3H3,(H,28,30). The lowest BCUT2D eigenvalue weighted by atomic mass is 10.0. The molecule has 1 aliphatic heterocycles. The average molecular weight is 486 g/mol. The van der Waals surface area contributed by atoms with Gasteiger partial charge in [0.05, 0.1) is 40.2 Å². The van der Waals surface area contributed by atoms with Gasteiger partial charge >= 0.3 is 5.69 Å². The fourth-order valence-electron chi connectivity index (χ4n) is 4.78. The van der Waals surface area contributed by atoms with Gasteiger partial charge in [0.2, 0.25) is 0 Å². The number of rotatable bonds is 4. The molecule has 4 aromatic heterocycles. The Morgan fingerprint density at radius 3 is 2.58 bits per heavy atom. The highest BCUT2D eigenvalue weighted by Gasteiger charge is 2.26. The van der Waals surface area contributed by atoms with Crippen LogP contribution in [0, 0.1) is 12.7 Å². The summed E-state index contributed by atoms with van der Waals surface area (Å²) in [7, 11) is 3.33. The van der Waals surface area contributed by atoms with E-state index in [0.29, 0.717) is 46.6 Å². The van der Waals surface area contributed by atoms with Crippen molar-refractivity contribution in [3.05, 3.63) is 70.8 Å². The molecule has 0 aliphatic carbocycles. The Hall–Kier alpha value is -4.31. The topological polar surface area (TPSA) is 101 Å². The summed E-state index contributed by atoms with van der Waals surface area (Å²) in [6.45, 7) is 2.96. The monoisotopic (exact) mass is 485 g/mol. The van der Waals surface area contributed by atoms with Gasteiger partial charge in [-0.2, -0.15) is 0 Å². The minimum absolute atomic E-state index is 0.180. The maximum atomic E-state index is 14.4. The number of aliphatic hydroxyl groups is 1. The summed E-state index contributed by atoms with van der Waals surface area (Å²) < 4.78 is 17.6. The first-order chi connectivity index (χ1) is 17.4. The van der Waals surface area contributed by atoms with Crippen LogP contribution in [-0.4, -0.2) is 55.4 Å². The second-order valence-electron chi connectivity index (χ2n) is 9.04. The fraction of sp³-hybridized carbons (Fsp3) is 0.231. The zero-order valence-corrected chi connectivity index (χ0v) is 20.0. The number of fused-ring (bicyclic) bond motifs is 3. The highest BCUT2D eigenvalue weighted by Crippen LogP contribution is 2.31. The molecule has 5 aromatic rings. The zero-order valence-electron chi connectivity index (χ0n) is 20.0. The number of hydrogen-bond acceptors (Lipinski definition) is 7. The molecule has 1 aliphatic rings. The van der Waals surface area contributed by atoms with E-state index in [1.807, 2.05) is 42.2 Å². The van der Waals surface area contributed by atoms with E-state index in [9.17, 15) is 14.3 Å². The number of aromatic nitrogens is 5. The minimum atomic E-state index is -0.445. The van der Waals surface area contributed by atoms with E-state index in [1.54, 1.807) is 35.6 Å². The Labute approximate surface area is 205 Å². The lowest BCUT2D eigenvalue weighted by Gasteiger charge is -2.37. The van der Waals surface area contributed by atoms with Gasteiger partial charge in [0.1, 0.15) is 5.82 Å². The third kappa shape index (κ3) is 3.33. The molecule has 6 rings (SSSR count). The number of nitrogens with zero attached hydrogens (tertiary/aromatic N) is 6. The second-order valence-corrected chi connectivity index (χ2v) is 9.04. The highest BCUT2D eigenvalue weighted by atomic mass is 19.1. The molecule has 9 nitrogen and oxygen atoms in total. The summed E-state index contributed by atoms with van der Waals surface area (Å²) in [6.07, 6.45) is 2.97. The molecular weight excluding hydrogens is 461 g/mol. The number of pyridine rings is 3. The quantitative estimate of drug-likeness (QED) is 0.404. The number of aliphatic hydroxyl groups excluding tert-OH is 1. The predicted molar refractivity (Wildman–Crippen MR) is 137 cm³/mol. The summed E-state index contributed by atoms with van der Waals surface area (Å²) in [5.74, 6) is 0.502. The van der Waals surface area contributed by atoms with Crippen molar-refractivity contribution in [2.24, 2.45) is 7.05 Å². The normalized spacial score (nSPS) is 14.0. The average Bonchev–Trinajstić information content (AvgIpc) is 3.12. The van der Waals surface area contributed by atoms with Crippen molar-refractivity contribution in [2.45, 2.75) is 13.0 Å². The van der Waals surface area contributed by atoms with E-state index in [-0.39, 0.29) is 17.6 Å². The summed E-state index contributed by atoms with van der Waals surface area (Å²) in [5, 5.41) is 13.1. The van der Waals surface area contributed by atoms with Crippen molar-refractivity contribution < 1.29 is 9.50 Å². The molecule has 0 saturated carbocycles. The first-order valence-electron chi connectivity index (χ1n) is 11.6. The lowest BCUT2D eigenvalue weighted by Crippen LogP contribution is -2.51. The van der Waals surface area contributed by atoms with E-state index >= 15 is 0 Å². The number of aryl methyl sites for hydroxylation is 2. The molecule has 182 valence electrons. The number of benzene rings is 1. The fourth-order valence-corrected chi connectivity index (χ4v) is 4.78.